The van der Waals surface area contributed by atoms with Gasteiger partial charge in [-0.25, -0.2) is 9.67 Å². The quantitative estimate of drug-likeness (QED) is 0.539. The van der Waals surface area contributed by atoms with Gasteiger partial charge in [-0.05, 0) is 47.9 Å². The van der Waals surface area contributed by atoms with Crippen LogP contribution in [-0.2, 0) is 6.42 Å². The van der Waals surface area contributed by atoms with Crippen molar-refractivity contribution in [3.05, 3.63) is 68.9 Å². The van der Waals surface area contributed by atoms with Crippen LogP contribution in [0, 0.1) is 10.1 Å². The van der Waals surface area contributed by atoms with E-state index >= 15 is 0 Å². The Morgan fingerprint density at radius 2 is 2.28 bits per heavy atom. The van der Waals surface area contributed by atoms with Crippen LogP contribution >= 0.6 is 11.3 Å². The highest BCUT2D eigenvalue weighted by Crippen LogP contribution is 2.23. The first-order chi connectivity index (χ1) is 12.0. The van der Waals surface area contributed by atoms with Crippen LogP contribution in [0.25, 0.3) is 5.69 Å². The topological polar surface area (TPSA) is 103 Å². The molecule has 0 bridgehead atoms. The lowest BCUT2D eigenvalue weighted by atomic mass is 10.1. The summed E-state index contributed by atoms with van der Waals surface area (Å²) in [4.78, 5) is 27.0. The number of carbonyl (C=O) groups is 1. The molecule has 0 radical (unpaired) electrons. The van der Waals surface area contributed by atoms with Crippen LogP contribution in [0.1, 0.15) is 22.8 Å². The van der Waals surface area contributed by atoms with Gasteiger partial charge in [0.25, 0.3) is 11.6 Å². The Kier molecular flexibility index (Phi) is 4.85. The van der Waals surface area contributed by atoms with Crippen LogP contribution in [0.3, 0.4) is 0 Å². The Morgan fingerprint density at radius 1 is 1.44 bits per heavy atom. The van der Waals surface area contributed by atoms with Gasteiger partial charge in [0.2, 0.25) is 0 Å². The van der Waals surface area contributed by atoms with Crippen molar-refractivity contribution < 1.29 is 9.72 Å². The zero-order valence-electron chi connectivity index (χ0n) is 13.3. The molecule has 1 amide bonds. The molecule has 1 aromatic carbocycles. The summed E-state index contributed by atoms with van der Waals surface area (Å²) in [5.74, 6) is -0.351. The summed E-state index contributed by atoms with van der Waals surface area (Å²) in [6.45, 7) is 1.90. The molecule has 25 heavy (non-hydrogen) atoms. The Bertz CT molecular complexity index is 877. The third-order valence-corrected chi connectivity index (χ3v) is 4.33. The molecule has 2 aromatic heterocycles. The number of nitro groups is 1. The summed E-state index contributed by atoms with van der Waals surface area (Å²) in [7, 11) is 0. The van der Waals surface area contributed by atoms with Gasteiger partial charge in [-0.1, -0.05) is 0 Å². The van der Waals surface area contributed by atoms with E-state index in [-0.39, 0.29) is 28.9 Å². The first-order valence-electron chi connectivity index (χ1n) is 7.50. The summed E-state index contributed by atoms with van der Waals surface area (Å²) in [6, 6.07) is 6.20. The fraction of sp³-hybridized carbons (Fsp3) is 0.188. The van der Waals surface area contributed by atoms with E-state index < -0.39 is 4.92 Å². The van der Waals surface area contributed by atoms with Crippen molar-refractivity contribution in [2.45, 2.75) is 19.4 Å². The average molecular weight is 357 g/mol. The van der Waals surface area contributed by atoms with Gasteiger partial charge in [0.1, 0.15) is 18.3 Å². The number of thiophene rings is 1. The van der Waals surface area contributed by atoms with E-state index in [4.69, 9.17) is 0 Å². The summed E-state index contributed by atoms with van der Waals surface area (Å²) in [5, 5.41) is 22.1. The second-order valence-corrected chi connectivity index (χ2v) is 6.29. The monoisotopic (exact) mass is 357 g/mol. The van der Waals surface area contributed by atoms with Gasteiger partial charge in [0, 0.05) is 17.7 Å². The summed E-state index contributed by atoms with van der Waals surface area (Å²) < 4.78 is 1.29. The Balaban J connectivity index is 1.78. The van der Waals surface area contributed by atoms with E-state index in [1.54, 1.807) is 11.3 Å². The third-order valence-electron chi connectivity index (χ3n) is 3.60. The van der Waals surface area contributed by atoms with Gasteiger partial charge in [-0.15, -0.1) is 0 Å². The van der Waals surface area contributed by atoms with Crippen molar-refractivity contribution in [1.82, 2.24) is 20.1 Å². The third kappa shape index (κ3) is 3.89. The van der Waals surface area contributed by atoms with E-state index in [0.29, 0.717) is 6.42 Å². The van der Waals surface area contributed by atoms with Gasteiger partial charge in [0.15, 0.2) is 0 Å². The Hall–Kier alpha value is -3.07. The van der Waals surface area contributed by atoms with E-state index in [0.717, 1.165) is 5.56 Å². The molecule has 1 atom stereocenters. The maximum atomic E-state index is 12.4. The first kappa shape index (κ1) is 16.8. The largest absolute Gasteiger partial charge is 0.349 e. The van der Waals surface area contributed by atoms with Crippen molar-refractivity contribution in [3.63, 3.8) is 0 Å². The average Bonchev–Trinajstić information content (AvgIpc) is 3.27. The maximum absolute atomic E-state index is 12.4. The van der Waals surface area contributed by atoms with Crippen LogP contribution < -0.4 is 5.32 Å². The van der Waals surface area contributed by atoms with E-state index in [9.17, 15) is 14.9 Å². The summed E-state index contributed by atoms with van der Waals surface area (Å²) in [5.41, 5.74) is 1.42. The highest BCUT2D eigenvalue weighted by atomic mass is 32.1. The molecular weight excluding hydrogens is 342 g/mol. The number of hydrogen-bond acceptors (Lipinski definition) is 6. The van der Waals surface area contributed by atoms with Crippen molar-refractivity contribution in [2.75, 3.05) is 0 Å². The lowest BCUT2D eigenvalue weighted by Gasteiger charge is -2.13. The molecular formula is C16H15N5O3S. The Labute approximate surface area is 147 Å². The zero-order valence-corrected chi connectivity index (χ0v) is 14.1. The van der Waals surface area contributed by atoms with Gasteiger partial charge >= 0.3 is 0 Å². The molecule has 1 unspecified atom stereocenters. The van der Waals surface area contributed by atoms with Crippen LogP contribution in [-0.4, -0.2) is 31.6 Å². The predicted octanol–water partition coefficient (Wildman–Crippen LogP) is 2.60. The highest BCUT2D eigenvalue weighted by Gasteiger charge is 2.20. The minimum absolute atomic E-state index is 0.0869. The van der Waals surface area contributed by atoms with E-state index in [2.05, 4.69) is 15.4 Å². The lowest BCUT2D eigenvalue weighted by molar-refractivity contribution is -0.384. The number of nitrogens with one attached hydrogen (secondary N) is 1. The van der Waals surface area contributed by atoms with Crippen molar-refractivity contribution in [1.29, 1.82) is 0 Å². The highest BCUT2D eigenvalue weighted by molar-refractivity contribution is 7.07. The van der Waals surface area contributed by atoms with Gasteiger partial charge in [0.05, 0.1) is 4.92 Å². The number of amides is 1. The smallest absolute Gasteiger partial charge is 0.295 e. The molecule has 3 aromatic rings. The molecule has 0 saturated carbocycles. The minimum Gasteiger partial charge on any atom is -0.349 e. The summed E-state index contributed by atoms with van der Waals surface area (Å²) >= 11 is 1.60. The molecule has 128 valence electrons. The Morgan fingerprint density at radius 3 is 2.92 bits per heavy atom. The van der Waals surface area contributed by atoms with E-state index in [1.807, 2.05) is 23.8 Å². The van der Waals surface area contributed by atoms with Crippen LogP contribution in [0.15, 0.2) is 47.7 Å². The number of nitro benzene ring substituents is 1. The van der Waals surface area contributed by atoms with Crippen molar-refractivity contribution in [2.24, 2.45) is 0 Å². The molecule has 0 aliphatic heterocycles. The molecule has 1 N–H and O–H groups in total. The fourth-order valence-electron chi connectivity index (χ4n) is 2.46. The number of aromatic nitrogens is 3. The molecule has 0 aliphatic carbocycles. The van der Waals surface area contributed by atoms with Crippen molar-refractivity contribution in [3.8, 4) is 5.69 Å². The molecule has 8 nitrogen and oxygen atoms in total. The van der Waals surface area contributed by atoms with Crippen LogP contribution in [0.5, 0.6) is 0 Å². The number of nitrogens with zero attached hydrogens (tertiary/aromatic N) is 4. The number of rotatable bonds is 6. The molecule has 2 heterocycles. The van der Waals surface area contributed by atoms with E-state index in [1.165, 1.54) is 35.5 Å². The molecule has 0 spiro atoms. The summed E-state index contributed by atoms with van der Waals surface area (Å²) in [6.07, 6.45) is 3.36. The molecule has 0 aliphatic rings. The minimum atomic E-state index is -0.539. The normalized spacial score (nSPS) is 11.9. The zero-order chi connectivity index (χ0) is 17.8. The van der Waals surface area contributed by atoms with Crippen LogP contribution in [0.4, 0.5) is 5.69 Å². The van der Waals surface area contributed by atoms with Gasteiger partial charge in [-0.3, -0.25) is 14.9 Å². The second-order valence-electron chi connectivity index (χ2n) is 5.51. The SMILES string of the molecule is CC(Cc1ccsc1)NC(=O)c1ccc(-n2cncn2)c([N+](=O)[O-])c1. The predicted molar refractivity (Wildman–Crippen MR) is 93.0 cm³/mol. The van der Waals surface area contributed by atoms with Gasteiger partial charge < -0.3 is 5.32 Å². The number of benzene rings is 1. The lowest BCUT2D eigenvalue weighted by Crippen LogP contribution is -2.34. The molecule has 0 saturated heterocycles. The number of carbonyl (C=O) groups excluding carboxylic acids is 1. The molecule has 0 fully saturated rings. The van der Waals surface area contributed by atoms with Crippen molar-refractivity contribution >= 4 is 22.9 Å². The maximum Gasteiger partial charge on any atom is 0.295 e. The fourth-order valence-corrected chi connectivity index (χ4v) is 3.14. The second kappa shape index (κ2) is 7.22. The van der Waals surface area contributed by atoms with Crippen LogP contribution in [0.2, 0.25) is 0 Å². The van der Waals surface area contributed by atoms with Gasteiger partial charge in [-0.2, -0.15) is 16.4 Å². The standard InChI is InChI=1S/C16H15N5O3S/c1-11(6-12-4-5-25-8-12)19-16(22)13-2-3-14(15(7-13)21(23)24)20-10-17-9-18-20/h2-5,7-11H,6H2,1H3,(H,19,22). The molecule has 9 heteroatoms. The molecule has 3 rings (SSSR count). The number of hydrogen-bond donors (Lipinski definition) is 1. The first-order valence-corrected chi connectivity index (χ1v) is 8.44.